The minimum atomic E-state index is -0.292. The molecule has 0 radical (unpaired) electrons. The van der Waals surface area contributed by atoms with Gasteiger partial charge in [-0.25, -0.2) is 4.39 Å². The van der Waals surface area contributed by atoms with Crippen molar-refractivity contribution in [2.45, 2.75) is 0 Å². The minimum absolute atomic E-state index is 0.240. The van der Waals surface area contributed by atoms with Crippen LogP contribution in [0.1, 0.15) is 5.30 Å². The fraction of sp³-hybridized carbons (Fsp3) is 0.400. The van der Waals surface area contributed by atoms with E-state index in [0.29, 0.717) is 5.42 Å². The van der Waals surface area contributed by atoms with Crippen LogP contribution in [0.4, 0.5) is 9.81 Å². The second kappa shape index (κ2) is 4.25. The van der Waals surface area contributed by atoms with Gasteiger partial charge in [-0.3, -0.25) is 0 Å². The van der Waals surface area contributed by atoms with Crippen molar-refractivity contribution in [3.8, 4) is 0 Å². The molecule has 5 heteroatoms. The van der Waals surface area contributed by atoms with Gasteiger partial charge in [0, 0.05) is 37.2 Å². The van der Waals surface area contributed by atoms with Crippen molar-refractivity contribution in [2.24, 2.45) is 0 Å². The third-order valence-electron chi connectivity index (χ3n) is 2.61. The van der Waals surface area contributed by atoms with Crippen LogP contribution in [0.5, 0.6) is 0 Å². The Bertz CT molecular complexity index is 349. The first kappa shape index (κ1) is 10.5. The summed E-state index contributed by atoms with van der Waals surface area (Å²) in [7, 11) is 0.240. The standard InChI is InChI=1S/C10H15FN3P/c1-7(14-4-2-13-3-5-14)9-6-8(11)10(12)15-9/h6,13,15H,1-5,12H2. The van der Waals surface area contributed by atoms with Crippen molar-refractivity contribution in [2.75, 3.05) is 31.9 Å². The van der Waals surface area contributed by atoms with Gasteiger partial charge in [-0.05, 0) is 6.07 Å². The number of nitrogens with one attached hydrogen (secondary N) is 1. The number of hydrogen-bond acceptors (Lipinski definition) is 3. The summed E-state index contributed by atoms with van der Waals surface area (Å²) < 4.78 is 13.1. The molecule has 1 saturated heterocycles. The van der Waals surface area contributed by atoms with E-state index in [1.54, 1.807) is 0 Å². The zero-order valence-corrected chi connectivity index (χ0v) is 9.52. The molecule has 1 aromatic heterocycles. The van der Waals surface area contributed by atoms with Gasteiger partial charge in [0.1, 0.15) is 0 Å². The molecule has 15 heavy (non-hydrogen) atoms. The lowest BCUT2D eigenvalue weighted by atomic mass is 10.3. The molecule has 1 aromatic rings. The van der Waals surface area contributed by atoms with Crippen LogP contribution in [0.25, 0.3) is 5.70 Å². The molecular weight excluding hydrogens is 212 g/mol. The lowest BCUT2D eigenvalue weighted by molar-refractivity contribution is 0.342. The van der Waals surface area contributed by atoms with E-state index >= 15 is 0 Å². The van der Waals surface area contributed by atoms with E-state index in [0.717, 1.165) is 37.2 Å². The number of nitrogens with two attached hydrogens (primary N) is 1. The molecule has 3 nitrogen and oxygen atoms in total. The molecule has 82 valence electrons. The second-order valence-electron chi connectivity index (χ2n) is 3.63. The van der Waals surface area contributed by atoms with Gasteiger partial charge in [0.2, 0.25) is 0 Å². The maximum atomic E-state index is 13.1. The molecule has 1 aliphatic heterocycles. The molecule has 0 bridgehead atoms. The predicted molar refractivity (Wildman–Crippen MR) is 63.8 cm³/mol. The molecule has 3 N–H and O–H groups in total. The molecule has 2 heterocycles. The molecule has 2 rings (SSSR count). The average molecular weight is 227 g/mol. The Kier molecular flexibility index (Phi) is 2.98. The zero-order valence-electron chi connectivity index (χ0n) is 8.52. The van der Waals surface area contributed by atoms with Crippen LogP contribution in [0, 0.1) is 5.82 Å². The normalized spacial score (nSPS) is 17.3. The summed E-state index contributed by atoms with van der Waals surface area (Å²) in [4.78, 5) is 2.18. The summed E-state index contributed by atoms with van der Waals surface area (Å²) in [6.07, 6.45) is 0. The highest BCUT2D eigenvalue weighted by molar-refractivity contribution is 7.36. The molecule has 0 saturated carbocycles. The van der Waals surface area contributed by atoms with Crippen LogP contribution in [-0.4, -0.2) is 31.1 Å². The van der Waals surface area contributed by atoms with E-state index in [1.165, 1.54) is 6.07 Å². The first-order chi connectivity index (χ1) is 7.18. The minimum Gasteiger partial charge on any atom is -0.393 e. The molecule has 0 aromatic carbocycles. The number of nitrogen functional groups attached to an aromatic ring is 1. The van der Waals surface area contributed by atoms with E-state index in [4.69, 9.17) is 5.73 Å². The third kappa shape index (κ3) is 2.16. The molecule has 1 atom stereocenters. The van der Waals surface area contributed by atoms with Crippen molar-refractivity contribution in [1.82, 2.24) is 10.2 Å². The summed E-state index contributed by atoms with van der Waals surface area (Å²) in [5.74, 6) is -0.292. The summed E-state index contributed by atoms with van der Waals surface area (Å²) in [5.41, 5.74) is 6.80. The van der Waals surface area contributed by atoms with Gasteiger partial charge < -0.3 is 16.0 Å². The number of halogens is 1. The highest BCUT2D eigenvalue weighted by Gasteiger charge is 2.15. The smallest absolute Gasteiger partial charge is 0.150 e. The van der Waals surface area contributed by atoms with Gasteiger partial charge in [-0.2, -0.15) is 0 Å². The number of hydrogen-bond donors (Lipinski definition) is 2. The average Bonchev–Trinajstić information content (AvgIpc) is 2.59. The lowest BCUT2D eigenvalue weighted by Gasteiger charge is -2.30. The molecule has 1 aliphatic rings. The third-order valence-corrected chi connectivity index (χ3v) is 3.82. The Morgan fingerprint density at radius 3 is 2.73 bits per heavy atom. The summed E-state index contributed by atoms with van der Waals surface area (Å²) in [5, 5.41) is 4.21. The Morgan fingerprint density at radius 1 is 1.53 bits per heavy atom. The largest absolute Gasteiger partial charge is 0.393 e. The van der Waals surface area contributed by atoms with E-state index < -0.39 is 0 Å². The van der Waals surface area contributed by atoms with Crippen LogP contribution in [0.3, 0.4) is 0 Å². The van der Waals surface area contributed by atoms with Gasteiger partial charge >= 0.3 is 0 Å². The molecule has 0 amide bonds. The predicted octanol–water partition coefficient (Wildman–Crippen LogP) is 1.32. The van der Waals surface area contributed by atoms with Crippen molar-refractivity contribution in [3.05, 3.63) is 23.8 Å². The monoisotopic (exact) mass is 227 g/mol. The van der Waals surface area contributed by atoms with Crippen LogP contribution in [0.15, 0.2) is 12.6 Å². The first-order valence-corrected chi connectivity index (χ1v) is 5.97. The Morgan fingerprint density at radius 2 is 2.20 bits per heavy atom. The Labute approximate surface area is 90.2 Å². The molecule has 1 unspecified atom stereocenters. The van der Waals surface area contributed by atoms with Crippen LogP contribution < -0.4 is 11.1 Å². The number of rotatable bonds is 2. The molecular formula is C10H15FN3P. The van der Waals surface area contributed by atoms with E-state index in [1.807, 2.05) is 0 Å². The highest BCUT2D eigenvalue weighted by atomic mass is 31.0. The zero-order chi connectivity index (χ0) is 10.8. The first-order valence-electron chi connectivity index (χ1n) is 4.97. The van der Waals surface area contributed by atoms with Gasteiger partial charge in [-0.1, -0.05) is 6.58 Å². The second-order valence-corrected chi connectivity index (χ2v) is 4.96. The topological polar surface area (TPSA) is 41.3 Å². The van der Waals surface area contributed by atoms with Crippen molar-refractivity contribution < 1.29 is 4.39 Å². The molecule has 0 spiro atoms. The summed E-state index contributed by atoms with van der Waals surface area (Å²) >= 11 is 0. The van der Waals surface area contributed by atoms with E-state index in [2.05, 4.69) is 16.8 Å². The van der Waals surface area contributed by atoms with Gasteiger partial charge in [0.15, 0.2) is 5.82 Å². The Hall–Kier alpha value is -0.990. The molecule has 0 aliphatic carbocycles. The van der Waals surface area contributed by atoms with Crippen molar-refractivity contribution in [1.29, 1.82) is 0 Å². The SMILES string of the molecule is C=C(c1cc(F)c(N)[pH]1)N1CCNCC1. The lowest BCUT2D eigenvalue weighted by Crippen LogP contribution is -2.42. The van der Waals surface area contributed by atoms with E-state index in [9.17, 15) is 4.39 Å². The fourth-order valence-electron chi connectivity index (χ4n) is 1.71. The number of piperazine rings is 1. The van der Waals surface area contributed by atoms with Gasteiger partial charge in [0.25, 0.3) is 0 Å². The number of anilines is 1. The van der Waals surface area contributed by atoms with Crippen molar-refractivity contribution in [3.63, 3.8) is 0 Å². The fourth-order valence-corrected chi connectivity index (χ4v) is 2.69. The summed E-state index contributed by atoms with van der Waals surface area (Å²) in [6.45, 7) is 7.80. The molecule has 1 fully saturated rings. The summed E-state index contributed by atoms with van der Waals surface area (Å²) in [6, 6.07) is 1.51. The van der Waals surface area contributed by atoms with Crippen LogP contribution in [0.2, 0.25) is 0 Å². The van der Waals surface area contributed by atoms with Gasteiger partial charge in [0.05, 0.1) is 5.42 Å². The number of nitrogens with zero attached hydrogens (tertiary/aromatic N) is 1. The quantitative estimate of drug-likeness (QED) is 0.800. The maximum absolute atomic E-state index is 13.1. The highest BCUT2D eigenvalue weighted by Crippen LogP contribution is 2.34. The van der Waals surface area contributed by atoms with Crippen LogP contribution in [-0.2, 0) is 0 Å². The Balaban J connectivity index is 2.12. The van der Waals surface area contributed by atoms with Gasteiger partial charge in [-0.15, -0.1) is 8.19 Å². The van der Waals surface area contributed by atoms with Crippen LogP contribution >= 0.6 is 8.19 Å². The van der Waals surface area contributed by atoms with E-state index in [-0.39, 0.29) is 14.0 Å². The maximum Gasteiger partial charge on any atom is 0.150 e. The van der Waals surface area contributed by atoms with Crippen molar-refractivity contribution >= 4 is 19.3 Å².